The Morgan fingerprint density at radius 1 is 1.44 bits per heavy atom. The molecule has 18 heavy (non-hydrogen) atoms. The summed E-state index contributed by atoms with van der Waals surface area (Å²) in [7, 11) is 0. The van der Waals surface area contributed by atoms with Crippen molar-refractivity contribution >= 4 is 23.2 Å². The van der Waals surface area contributed by atoms with Gasteiger partial charge in [-0.2, -0.15) is 0 Å². The van der Waals surface area contributed by atoms with E-state index in [4.69, 9.17) is 23.2 Å². The molecule has 100 valence electrons. The lowest BCUT2D eigenvalue weighted by atomic mass is 9.90. The third kappa shape index (κ3) is 3.61. The van der Waals surface area contributed by atoms with Crippen molar-refractivity contribution in [2.24, 2.45) is 5.92 Å². The van der Waals surface area contributed by atoms with E-state index in [2.05, 4.69) is 12.2 Å². The van der Waals surface area contributed by atoms with Crippen molar-refractivity contribution in [2.75, 3.05) is 6.54 Å². The smallest absolute Gasteiger partial charge is 0.0819 e. The Kier molecular flexibility index (Phi) is 4.91. The predicted molar refractivity (Wildman–Crippen MR) is 76.2 cm³/mol. The van der Waals surface area contributed by atoms with Gasteiger partial charge in [-0.25, -0.2) is 0 Å². The molecule has 0 amide bonds. The Morgan fingerprint density at radius 2 is 2.22 bits per heavy atom. The fraction of sp³-hybridized carbons (Fsp3) is 0.571. The zero-order chi connectivity index (χ0) is 13.1. The highest BCUT2D eigenvalue weighted by Gasteiger charge is 2.22. The van der Waals surface area contributed by atoms with E-state index in [1.165, 1.54) is 6.42 Å². The number of hydrogen-bond donors (Lipinski definition) is 2. The minimum atomic E-state index is -0.556. The van der Waals surface area contributed by atoms with Gasteiger partial charge in [-0.1, -0.05) is 30.1 Å². The van der Waals surface area contributed by atoms with Crippen molar-refractivity contribution in [3.8, 4) is 0 Å². The summed E-state index contributed by atoms with van der Waals surface area (Å²) in [6.07, 6.45) is 2.45. The Hall–Kier alpha value is -0.280. The van der Waals surface area contributed by atoms with E-state index in [1.807, 2.05) is 0 Å². The van der Waals surface area contributed by atoms with Crippen molar-refractivity contribution in [3.05, 3.63) is 33.8 Å². The van der Waals surface area contributed by atoms with Gasteiger partial charge in [-0.15, -0.1) is 0 Å². The maximum absolute atomic E-state index is 10.3. The second-order valence-electron chi connectivity index (χ2n) is 5.20. The highest BCUT2D eigenvalue weighted by molar-refractivity contribution is 6.33. The Bertz CT molecular complexity index is 411. The van der Waals surface area contributed by atoms with Gasteiger partial charge in [0.2, 0.25) is 0 Å². The first-order chi connectivity index (χ1) is 8.56. The van der Waals surface area contributed by atoms with Crippen LogP contribution in [0.25, 0.3) is 0 Å². The van der Waals surface area contributed by atoms with E-state index in [0.717, 1.165) is 24.4 Å². The molecular formula is C14H19Cl2NO. The number of aliphatic hydroxyl groups is 1. The Morgan fingerprint density at radius 3 is 2.94 bits per heavy atom. The molecular weight excluding hydrogens is 269 g/mol. The van der Waals surface area contributed by atoms with Gasteiger partial charge >= 0.3 is 0 Å². The summed E-state index contributed by atoms with van der Waals surface area (Å²) in [5, 5.41) is 14.9. The summed E-state index contributed by atoms with van der Waals surface area (Å²) in [5.41, 5.74) is 0.726. The quantitative estimate of drug-likeness (QED) is 0.886. The van der Waals surface area contributed by atoms with Gasteiger partial charge in [0.1, 0.15) is 0 Å². The van der Waals surface area contributed by atoms with Crippen LogP contribution in [0.2, 0.25) is 10.0 Å². The van der Waals surface area contributed by atoms with Crippen LogP contribution in [0.5, 0.6) is 0 Å². The topological polar surface area (TPSA) is 32.3 Å². The van der Waals surface area contributed by atoms with Gasteiger partial charge in [0.05, 0.1) is 6.10 Å². The normalized spacial score (nSPS) is 26.0. The molecule has 1 saturated heterocycles. The van der Waals surface area contributed by atoms with E-state index < -0.39 is 6.10 Å². The van der Waals surface area contributed by atoms with E-state index in [1.54, 1.807) is 18.2 Å². The molecule has 1 aromatic rings. The molecule has 0 aromatic heterocycles. The number of hydrogen-bond acceptors (Lipinski definition) is 2. The maximum Gasteiger partial charge on any atom is 0.0819 e. The fourth-order valence-electron chi connectivity index (χ4n) is 2.57. The largest absolute Gasteiger partial charge is 0.388 e. The first kappa shape index (κ1) is 14.1. The third-order valence-corrected chi connectivity index (χ3v) is 4.16. The minimum absolute atomic E-state index is 0.360. The van der Waals surface area contributed by atoms with Crippen molar-refractivity contribution in [1.82, 2.24) is 5.32 Å². The Labute approximate surface area is 118 Å². The van der Waals surface area contributed by atoms with Crippen LogP contribution in [0.1, 0.15) is 37.9 Å². The first-order valence-corrected chi connectivity index (χ1v) is 7.18. The monoisotopic (exact) mass is 287 g/mol. The predicted octanol–water partition coefficient (Wildman–Crippen LogP) is 3.81. The zero-order valence-electron chi connectivity index (χ0n) is 10.5. The van der Waals surface area contributed by atoms with Crippen molar-refractivity contribution in [2.45, 2.75) is 38.3 Å². The SMILES string of the molecule is CC1CCNC(CC(O)c2cc(Cl)ccc2Cl)C1. The summed E-state index contributed by atoms with van der Waals surface area (Å²) < 4.78 is 0. The highest BCUT2D eigenvalue weighted by Crippen LogP contribution is 2.30. The molecule has 1 aliphatic heterocycles. The number of nitrogens with one attached hydrogen (secondary N) is 1. The summed E-state index contributed by atoms with van der Waals surface area (Å²) >= 11 is 12.0. The van der Waals surface area contributed by atoms with Gasteiger partial charge in [0.15, 0.2) is 0 Å². The van der Waals surface area contributed by atoms with Crippen LogP contribution in [0.3, 0.4) is 0 Å². The standard InChI is InChI=1S/C14H19Cl2NO/c1-9-4-5-17-11(6-9)8-14(18)12-7-10(15)2-3-13(12)16/h2-3,7,9,11,14,17-18H,4-6,8H2,1H3. The lowest BCUT2D eigenvalue weighted by molar-refractivity contribution is 0.138. The van der Waals surface area contributed by atoms with Crippen LogP contribution in [-0.4, -0.2) is 17.7 Å². The van der Waals surface area contributed by atoms with Crippen molar-refractivity contribution in [3.63, 3.8) is 0 Å². The van der Waals surface area contributed by atoms with Crippen LogP contribution in [0.15, 0.2) is 18.2 Å². The summed E-state index contributed by atoms with van der Waals surface area (Å²) in [4.78, 5) is 0. The molecule has 2 N–H and O–H groups in total. The second kappa shape index (κ2) is 6.25. The zero-order valence-corrected chi connectivity index (χ0v) is 12.0. The van der Waals surface area contributed by atoms with Gasteiger partial charge in [0, 0.05) is 21.7 Å². The van der Waals surface area contributed by atoms with E-state index >= 15 is 0 Å². The van der Waals surface area contributed by atoms with Gasteiger partial charge in [0.25, 0.3) is 0 Å². The average molecular weight is 288 g/mol. The molecule has 2 nitrogen and oxygen atoms in total. The lowest BCUT2D eigenvalue weighted by Gasteiger charge is -2.30. The molecule has 0 saturated carbocycles. The molecule has 1 aliphatic rings. The van der Waals surface area contributed by atoms with Gasteiger partial charge < -0.3 is 10.4 Å². The van der Waals surface area contributed by atoms with Gasteiger partial charge in [-0.05, 0) is 49.9 Å². The fourth-order valence-corrected chi connectivity index (χ4v) is 2.99. The van der Waals surface area contributed by atoms with Crippen molar-refractivity contribution in [1.29, 1.82) is 0 Å². The van der Waals surface area contributed by atoms with E-state index in [9.17, 15) is 5.11 Å². The number of halogens is 2. The average Bonchev–Trinajstić information content (AvgIpc) is 2.32. The van der Waals surface area contributed by atoms with E-state index in [-0.39, 0.29) is 0 Å². The molecule has 1 aromatic carbocycles. The summed E-state index contributed by atoms with van der Waals surface area (Å²) in [6.45, 7) is 3.29. The third-order valence-electron chi connectivity index (χ3n) is 3.58. The molecule has 3 unspecified atom stereocenters. The molecule has 0 aliphatic carbocycles. The van der Waals surface area contributed by atoms with Crippen LogP contribution in [-0.2, 0) is 0 Å². The highest BCUT2D eigenvalue weighted by atomic mass is 35.5. The molecule has 0 radical (unpaired) electrons. The Balaban J connectivity index is 2.02. The van der Waals surface area contributed by atoms with Crippen LogP contribution in [0.4, 0.5) is 0 Å². The molecule has 1 fully saturated rings. The number of aliphatic hydroxyl groups excluding tert-OH is 1. The van der Waals surface area contributed by atoms with Crippen LogP contribution < -0.4 is 5.32 Å². The molecule has 0 bridgehead atoms. The number of benzene rings is 1. The molecule has 0 spiro atoms. The van der Waals surface area contributed by atoms with E-state index in [0.29, 0.717) is 22.5 Å². The van der Waals surface area contributed by atoms with Crippen LogP contribution >= 0.6 is 23.2 Å². The molecule has 3 atom stereocenters. The lowest BCUT2D eigenvalue weighted by Crippen LogP contribution is -2.38. The second-order valence-corrected chi connectivity index (χ2v) is 6.04. The first-order valence-electron chi connectivity index (χ1n) is 6.42. The summed E-state index contributed by atoms with van der Waals surface area (Å²) in [6, 6.07) is 5.58. The molecule has 1 heterocycles. The molecule has 2 rings (SSSR count). The number of piperidine rings is 1. The maximum atomic E-state index is 10.3. The molecule has 4 heteroatoms. The summed E-state index contributed by atoms with van der Waals surface area (Å²) in [5.74, 6) is 0.721. The van der Waals surface area contributed by atoms with Crippen molar-refractivity contribution < 1.29 is 5.11 Å². The van der Waals surface area contributed by atoms with Gasteiger partial charge in [-0.3, -0.25) is 0 Å². The minimum Gasteiger partial charge on any atom is -0.388 e. The van der Waals surface area contributed by atoms with Crippen LogP contribution in [0, 0.1) is 5.92 Å². The number of rotatable bonds is 3.